The molecular weight excluding hydrogens is 244 g/mol. The summed E-state index contributed by atoms with van der Waals surface area (Å²) in [6, 6.07) is 0.390. The summed E-state index contributed by atoms with van der Waals surface area (Å²) in [6.07, 6.45) is 1.06. The average molecular weight is 270 g/mol. The van der Waals surface area contributed by atoms with E-state index in [0.29, 0.717) is 12.0 Å². The van der Waals surface area contributed by atoms with Gasteiger partial charge in [0.05, 0.1) is 10.7 Å². The van der Waals surface area contributed by atoms with Gasteiger partial charge in [-0.2, -0.15) is 0 Å². The molecule has 0 aliphatic heterocycles. The first-order valence-electron chi connectivity index (χ1n) is 6.75. The number of hydrogen-bond acceptors (Lipinski definition) is 4. The van der Waals surface area contributed by atoms with Crippen LogP contribution in [0.25, 0.3) is 0 Å². The van der Waals surface area contributed by atoms with Gasteiger partial charge in [0.15, 0.2) is 0 Å². The number of hydrogen-bond donors (Lipinski definition) is 1. The van der Waals surface area contributed by atoms with Gasteiger partial charge in [0.2, 0.25) is 0 Å². The van der Waals surface area contributed by atoms with Crippen LogP contribution in [-0.4, -0.2) is 24.7 Å². The van der Waals surface area contributed by atoms with E-state index in [0.717, 1.165) is 36.9 Å². The van der Waals surface area contributed by atoms with Gasteiger partial charge in [0.25, 0.3) is 0 Å². The Hall–Kier alpha value is -0.450. The maximum absolute atomic E-state index is 5.56. The summed E-state index contributed by atoms with van der Waals surface area (Å²) in [6.45, 7) is 13.4. The van der Waals surface area contributed by atoms with E-state index in [4.69, 9.17) is 4.74 Å². The van der Waals surface area contributed by atoms with E-state index in [1.165, 1.54) is 4.88 Å². The molecule has 0 bridgehead atoms. The Morgan fingerprint density at radius 3 is 2.56 bits per heavy atom. The molecule has 4 heteroatoms. The molecule has 1 rings (SSSR count). The molecule has 1 aromatic rings. The van der Waals surface area contributed by atoms with E-state index in [2.05, 4.69) is 44.9 Å². The molecule has 0 saturated heterocycles. The number of aryl methyl sites for hydroxylation is 2. The van der Waals surface area contributed by atoms with Gasteiger partial charge in [-0.15, -0.1) is 11.3 Å². The van der Waals surface area contributed by atoms with Crippen LogP contribution in [0.5, 0.6) is 0 Å². The minimum atomic E-state index is 0.390. The Morgan fingerprint density at radius 2 is 2.00 bits per heavy atom. The molecule has 0 spiro atoms. The van der Waals surface area contributed by atoms with Crippen molar-refractivity contribution in [1.82, 2.24) is 10.3 Å². The van der Waals surface area contributed by atoms with Crippen LogP contribution >= 0.6 is 11.3 Å². The molecule has 104 valence electrons. The number of rotatable bonds is 8. The Labute approximate surface area is 115 Å². The quantitative estimate of drug-likeness (QED) is 0.734. The molecule has 1 unspecified atom stereocenters. The summed E-state index contributed by atoms with van der Waals surface area (Å²) in [5.41, 5.74) is 1.16. The lowest BCUT2D eigenvalue weighted by molar-refractivity contribution is 0.107. The van der Waals surface area contributed by atoms with Gasteiger partial charge < -0.3 is 10.1 Å². The third-order valence-electron chi connectivity index (χ3n) is 2.70. The molecule has 0 radical (unpaired) electrons. The second-order valence-electron chi connectivity index (χ2n) is 5.18. The molecule has 0 aliphatic rings. The van der Waals surface area contributed by atoms with Crippen molar-refractivity contribution in [2.45, 2.75) is 47.1 Å². The van der Waals surface area contributed by atoms with E-state index in [1.807, 2.05) is 0 Å². The van der Waals surface area contributed by atoms with Gasteiger partial charge in [-0.1, -0.05) is 13.8 Å². The third kappa shape index (κ3) is 5.46. The minimum Gasteiger partial charge on any atom is -0.381 e. The van der Waals surface area contributed by atoms with Crippen molar-refractivity contribution >= 4 is 11.3 Å². The van der Waals surface area contributed by atoms with Gasteiger partial charge in [-0.3, -0.25) is 0 Å². The van der Waals surface area contributed by atoms with Crippen molar-refractivity contribution < 1.29 is 4.74 Å². The van der Waals surface area contributed by atoms with Crippen LogP contribution in [0, 0.1) is 19.8 Å². The van der Waals surface area contributed by atoms with E-state index in [9.17, 15) is 0 Å². The standard InChI is InChI=1S/C14H26N2OS/c1-10(2)9-17-8-6-7-15-11(3)14-12(4)16-13(5)18-14/h10-11,15H,6-9H2,1-5H3. The molecule has 1 aromatic heterocycles. The molecule has 0 fully saturated rings. The van der Waals surface area contributed by atoms with E-state index in [-0.39, 0.29) is 0 Å². The van der Waals surface area contributed by atoms with Crippen LogP contribution in [0.2, 0.25) is 0 Å². The summed E-state index contributed by atoms with van der Waals surface area (Å²) in [5, 5.41) is 4.68. The van der Waals surface area contributed by atoms with E-state index < -0.39 is 0 Å². The first-order chi connectivity index (χ1) is 8.50. The molecule has 3 nitrogen and oxygen atoms in total. The monoisotopic (exact) mass is 270 g/mol. The van der Waals surface area contributed by atoms with Crippen LogP contribution in [-0.2, 0) is 4.74 Å². The molecule has 0 aromatic carbocycles. The fraction of sp³-hybridized carbons (Fsp3) is 0.786. The largest absolute Gasteiger partial charge is 0.381 e. The van der Waals surface area contributed by atoms with Crippen molar-refractivity contribution in [1.29, 1.82) is 0 Å². The predicted molar refractivity (Wildman–Crippen MR) is 78.3 cm³/mol. The number of thiazole rings is 1. The highest BCUT2D eigenvalue weighted by Crippen LogP contribution is 2.24. The molecule has 18 heavy (non-hydrogen) atoms. The zero-order valence-electron chi connectivity index (χ0n) is 12.2. The van der Waals surface area contributed by atoms with Gasteiger partial charge in [-0.05, 0) is 39.7 Å². The first kappa shape index (κ1) is 15.6. The lowest BCUT2D eigenvalue weighted by atomic mass is 10.2. The van der Waals surface area contributed by atoms with Crippen molar-refractivity contribution in [2.75, 3.05) is 19.8 Å². The molecule has 0 amide bonds. The fourth-order valence-electron chi connectivity index (χ4n) is 1.85. The number of ether oxygens (including phenoxy) is 1. The first-order valence-corrected chi connectivity index (χ1v) is 7.57. The molecule has 1 heterocycles. The molecular formula is C14H26N2OS. The average Bonchev–Trinajstić information content (AvgIpc) is 2.62. The van der Waals surface area contributed by atoms with Crippen molar-refractivity contribution in [2.24, 2.45) is 5.92 Å². The Morgan fingerprint density at radius 1 is 1.28 bits per heavy atom. The normalized spacial score (nSPS) is 13.2. The van der Waals surface area contributed by atoms with Crippen LogP contribution in [0.1, 0.15) is 48.8 Å². The van der Waals surface area contributed by atoms with E-state index >= 15 is 0 Å². The summed E-state index contributed by atoms with van der Waals surface area (Å²) in [4.78, 5) is 5.82. The van der Waals surface area contributed by atoms with Crippen LogP contribution < -0.4 is 5.32 Å². The second-order valence-corrected chi connectivity index (χ2v) is 6.42. The highest BCUT2D eigenvalue weighted by Gasteiger charge is 2.11. The van der Waals surface area contributed by atoms with Crippen molar-refractivity contribution in [3.05, 3.63) is 15.6 Å². The molecule has 1 N–H and O–H groups in total. The topological polar surface area (TPSA) is 34.2 Å². The fourth-order valence-corrected chi connectivity index (χ4v) is 2.81. The van der Waals surface area contributed by atoms with Crippen LogP contribution in [0.3, 0.4) is 0 Å². The Kier molecular flexibility index (Phi) is 6.82. The minimum absolute atomic E-state index is 0.390. The lowest BCUT2D eigenvalue weighted by Gasteiger charge is -2.13. The zero-order chi connectivity index (χ0) is 13.5. The molecule has 0 saturated carbocycles. The molecule has 0 aliphatic carbocycles. The SMILES string of the molecule is Cc1nc(C)c(C(C)NCCCOCC(C)C)s1. The van der Waals surface area contributed by atoms with Crippen LogP contribution in [0.15, 0.2) is 0 Å². The summed E-state index contributed by atoms with van der Waals surface area (Å²) < 4.78 is 5.56. The lowest BCUT2D eigenvalue weighted by Crippen LogP contribution is -2.21. The highest BCUT2D eigenvalue weighted by atomic mass is 32.1. The van der Waals surface area contributed by atoms with E-state index in [1.54, 1.807) is 11.3 Å². The van der Waals surface area contributed by atoms with Gasteiger partial charge in [0, 0.05) is 24.1 Å². The maximum atomic E-state index is 5.56. The second kappa shape index (κ2) is 7.87. The van der Waals surface area contributed by atoms with Gasteiger partial charge >= 0.3 is 0 Å². The molecule has 1 atom stereocenters. The maximum Gasteiger partial charge on any atom is 0.0900 e. The highest BCUT2D eigenvalue weighted by molar-refractivity contribution is 7.11. The summed E-state index contributed by atoms with van der Waals surface area (Å²) in [7, 11) is 0. The number of nitrogens with zero attached hydrogens (tertiary/aromatic N) is 1. The van der Waals surface area contributed by atoms with Gasteiger partial charge in [-0.25, -0.2) is 4.98 Å². The number of aromatic nitrogens is 1. The van der Waals surface area contributed by atoms with Crippen molar-refractivity contribution in [3.63, 3.8) is 0 Å². The number of nitrogens with one attached hydrogen (secondary N) is 1. The Balaban J connectivity index is 2.17. The van der Waals surface area contributed by atoms with Gasteiger partial charge in [0.1, 0.15) is 0 Å². The smallest absolute Gasteiger partial charge is 0.0900 e. The predicted octanol–water partition coefficient (Wildman–Crippen LogP) is 3.47. The Bertz CT molecular complexity index is 350. The van der Waals surface area contributed by atoms with Crippen LogP contribution in [0.4, 0.5) is 0 Å². The summed E-state index contributed by atoms with van der Waals surface area (Å²) in [5.74, 6) is 0.625. The summed E-state index contributed by atoms with van der Waals surface area (Å²) >= 11 is 1.79. The zero-order valence-corrected chi connectivity index (χ0v) is 13.1. The van der Waals surface area contributed by atoms with Crippen molar-refractivity contribution in [3.8, 4) is 0 Å². The third-order valence-corrected chi connectivity index (χ3v) is 3.96.